The van der Waals surface area contributed by atoms with Crippen LogP contribution in [0, 0.1) is 6.92 Å². The summed E-state index contributed by atoms with van der Waals surface area (Å²) in [5, 5.41) is 10.1. The molecule has 1 atom stereocenters. The number of benzene rings is 1. The van der Waals surface area contributed by atoms with E-state index in [-0.39, 0.29) is 0 Å². The molecule has 0 saturated carbocycles. The Hall–Kier alpha value is -1.06. The average Bonchev–Trinajstić information content (AvgIpc) is 2.69. The van der Waals surface area contributed by atoms with Crippen molar-refractivity contribution < 1.29 is 5.11 Å². The van der Waals surface area contributed by atoms with Gasteiger partial charge in [-0.2, -0.15) is 0 Å². The summed E-state index contributed by atoms with van der Waals surface area (Å²) in [4.78, 5) is 3.02. The van der Waals surface area contributed by atoms with Gasteiger partial charge in [0.25, 0.3) is 0 Å². The van der Waals surface area contributed by atoms with Crippen LogP contribution in [0.4, 0.5) is 0 Å². The first-order valence-corrected chi connectivity index (χ1v) is 5.55. The summed E-state index contributed by atoms with van der Waals surface area (Å²) in [5.74, 6) is 0. The maximum Gasteiger partial charge on any atom is 0.119 e. The molecule has 1 heterocycles. The fourth-order valence-corrected chi connectivity index (χ4v) is 2.10. The summed E-state index contributed by atoms with van der Waals surface area (Å²) < 4.78 is 1.03. The first-order chi connectivity index (χ1) is 7.18. The van der Waals surface area contributed by atoms with Crippen molar-refractivity contribution in [3.05, 3.63) is 57.8 Å². The number of nitrogens with one attached hydrogen (secondary N) is 1. The number of halogens is 1. The van der Waals surface area contributed by atoms with E-state index >= 15 is 0 Å². The SMILES string of the molecule is Cc1cc(Br)ccc1C(O)c1ccc[nH]1. The van der Waals surface area contributed by atoms with Crippen molar-refractivity contribution in [1.82, 2.24) is 4.98 Å². The molecule has 0 aliphatic carbocycles. The van der Waals surface area contributed by atoms with Crippen LogP contribution in [0.25, 0.3) is 0 Å². The molecule has 2 nitrogen and oxygen atoms in total. The smallest absolute Gasteiger partial charge is 0.119 e. The topological polar surface area (TPSA) is 36.0 Å². The quantitative estimate of drug-likeness (QED) is 0.860. The number of aliphatic hydroxyl groups is 1. The van der Waals surface area contributed by atoms with E-state index in [4.69, 9.17) is 0 Å². The van der Waals surface area contributed by atoms with Crippen molar-refractivity contribution in [2.24, 2.45) is 0 Å². The van der Waals surface area contributed by atoms with E-state index in [9.17, 15) is 5.11 Å². The first-order valence-electron chi connectivity index (χ1n) is 4.76. The molecule has 0 spiro atoms. The predicted molar refractivity (Wildman–Crippen MR) is 63.7 cm³/mol. The summed E-state index contributed by atoms with van der Waals surface area (Å²) in [5.41, 5.74) is 2.83. The van der Waals surface area contributed by atoms with Crippen LogP contribution in [0.3, 0.4) is 0 Å². The molecule has 1 aromatic carbocycles. The zero-order valence-electron chi connectivity index (χ0n) is 8.37. The molecule has 78 valence electrons. The molecule has 1 unspecified atom stereocenters. The Morgan fingerprint density at radius 2 is 2.13 bits per heavy atom. The van der Waals surface area contributed by atoms with E-state index in [2.05, 4.69) is 20.9 Å². The van der Waals surface area contributed by atoms with Crippen LogP contribution in [0.15, 0.2) is 41.0 Å². The molecule has 1 aromatic heterocycles. The van der Waals surface area contributed by atoms with Crippen molar-refractivity contribution in [1.29, 1.82) is 0 Å². The lowest BCUT2D eigenvalue weighted by molar-refractivity contribution is 0.215. The van der Waals surface area contributed by atoms with Gasteiger partial charge in [-0.15, -0.1) is 0 Å². The van der Waals surface area contributed by atoms with Gasteiger partial charge >= 0.3 is 0 Å². The first kappa shape index (κ1) is 10.5. The number of aromatic nitrogens is 1. The summed E-state index contributed by atoms with van der Waals surface area (Å²) in [7, 11) is 0. The van der Waals surface area contributed by atoms with E-state index in [0.717, 1.165) is 21.3 Å². The van der Waals surface area contributed by atoms with E-state index in [0.29, 0.717) is 0 Å². The molecule has 0 aliphatic heterocycles. The number of aliphatic hydroxyl groups excluding tert-OH is 1. The van der Waals surface area contributed by atoms with Crippen LogP contribution in [0.5, 0.6) is 0 Å². The summed E-state index contributed by atoms with van der Waals surface area (Å²) in [6, 6.07) is 9.64. The fraction of sp³-hybridized carbons (Fsp3) is 0.167. The van der Waals surface area contributed by atoms with Crippen LogP contribution in [-0.2, 0) is 0 Å². The molecule has 0 amide bonds. The van der Waals surface area contributed by atoms with Gasteiger partial charge in [-0.1, -0.05) is 22.0 Å². The Balaban J connectivity index is 2.38. The van der Waals surface area contributed by atoms with Crippen LogP contribution >= 0.6 is 15.9 Å². The minimum absolute atomic E-state index is 0.576. The van der Waals surface area contributed by atoms with Gasteiger partial charge in [0.1, 0.15) is 6.10 Å². The predicted octanol–water partition coefficient (Wildman–Crippen LogP) is 3.17. The number of H-pyrrole nitrogens is 1. The fourth-order valence-electron chi connectivity index (χ4n) is 1.63. The molecule has 0 saturated heterocycles. The van der Waals surface area contributed by atoms with E-state index in [1.54, 1.807) is 0 Å². The number of rotatable bonds is 2. The van der Waals surface area contributed by atoms with Crippen LogP contribution < -0.4 is 0 Å². The third-order valence-electron chi connectivity index (χ3n) is 2.44. The van der Waals surface area contributed by atoms with Crippen molar-refractivity contribution in [2.75, 3.05) is 0 Å². The van der Waals surface area contributed by atoms with Crippen molar-refractivity contribution in [3.8, 4) is 0 Å². The van der Waals surface area contributed by atoms with Crippen molar-refractivity contribution in [2.45, 2.75) is 13.0 Å². The number of hydrogen-bond donors (Lipinski definition) is 2. The van der Waals surface area contributed by atoms with Gasteiger partial charge in [0, 0.05) is 16.4 Å². The number of aryl methyl sites for hydroxylation is 1. The lowest BCUT2D eigenvalue weighted by atomic mass is 10.0. The molecular weight excluding hydrogens is 254 g/mol. The molecule has 15 heavy (non-hydrogen) atoms. The van der Waals surface area contributed by atoms with Gasteiger partial charge in [0.05, 0.1) is 0 Å². The number of aromatic amines is 1. The van der Waals surface area contributed by atoms with Crippen molar-refractivity contribution >= 4 is 15.9 Å². The zero-order valence-corrected chi connectivity index (χ0v) is 9.95. The Kier molecular flexibility index (Phi) is 2.93. The second kappa shape index (κ2) is 4.21. The standard InChI is InChI=1S/C12H12BrNO/c1-8-7-9(13)4-5-10(8)12(15)11-3-2-6-14-11/h2-7,12,14-15H,1H3. The number of hydrogen-bond acceptors (Lipinski definition) is 1. The average molecular weight is 266 g/mol. The molecule has 0 aliphatic rings. The molecule has 0 fully saturated rings. The van der Waals surface area contributed by atoms with Gasteiger partial charge in [-0.05, 0) is 42.3 Å². The third-order valence-corrected chi connectivity index (χ3v) is 2.94. The molecule has 2 N–H and O–H groups in total. The van der Waals surface area contributed by atoms with Gasteiger partial charge in [0.15, 0.2) is 0 Å². The van der Waals surface area contributed by atoms with E-state index in [1.165, 1.54) is 0 Å². The summed E-state index contributed by atoms with van der Waals surface area (Å²) in [6.45, 7) is 1.99. The largest absolute Gasteiger partial charge is 0.382 e. The van der Waals surface area contributed by atoms with Crippen molar-refractivity contribution in [3.63, 3.8) is 0 Å². The Labute approximate surface area is 97.1 Å². The minimum Gasteiger partial charge on any atom is -0.382 e. The minimum atomic E-state index is -0.576. The lowest BCUT2D eigenvalue weighted by Gasteiger charge is -2.12. The summed E-state index contributed by atoms with van der Waals surface area (Å²) in [6.07, 6.45) is 1.24. The third kappa shape index (κ3) is 2.13. The molecule has 2 rings (SSSR count). The highest BCUT2D eigenvalue weighted by molar-refractivity contribution is 9.10. The van der Waals surface area contributed by atoms with Crippen LogP contribution in [-0.4, -0.2) is 10.1 Å². The Morgan fingerprint density at radius 1 is 1.33 bits per heavy atom. The summed E-state index contributed by atoms with van der Waals surface area (Å²) >= 11 is 3.40. The highest BCUT2D eigenvalue weighted by Gasteiger charge is 2.13. The molecule has 0 bridgehead atoms. The molecular formula is C12H12BrNO. The van der Waals surface area contributed by atoms with Crippen LogP contribution in [0.1, 0.15) is 22.9 Å². The maximum atomic E-state index is 10.1. The van der Waals surface area contributed by atoms with E-state index in [1.807, 2.05) is 43.5 Å². The van der Waals surface area contributed by atoms with Crippen LogP contribution in [0.2, 0.25) is 0 Å². The Morgan fingerprint density at radius 3 is 2.73 bits per heavy atom. The Bertz CT molecular complexity index is 451. The van der Waals surface area contributed by atoms with E-state index < -0.39 is 6.10 Å². The molecule has 0 radical (unpaired) electrons. The second-order valence-corrected chi connectivity index (χ2v) is 4.44. The second-order valence-electron chi connectivity index (χ2n) is 3.53. The monoisotopic (exact) mass is 265 g/mol. The molecule has 3 heteroatoms. The van der Waals surface area contributed by atoms with Gasteiger partial charge in [-0.3, -0.25) is 0 Å². The maximum absolute atomic E-state index is 10.1. The lowest BCUT2D eigenvalue weighted by Crippen LogP contribution is -2.02. The van der Waals surface area contributed by atoms with Gasteiger partial charge in [-0.25, -0.2) is 0 Å². The highest BCUT2D eigenvalue weighted by Crippen LogP contribution is 2.25. The zero-order chi connectivity index (χ0) is 10.8. The highest BCUT2D eigenvalue weighted by atomic mass is 79.9. The normalized spacial score (nSPS) is 12.7. The van der Waals surface area contributed by atoms with Gasteiger partial charge in [0.2, 0.25) is 0 Å². The van der Waals surface area contributed by atoms with Gasteiger partial charge < -0.3 is 10.1 Å². The molecule has 2 aromatic rings.